The summed E-state index contributed by atoms with van der Waals surface area (Å²) in [5.74, 6) is 0. The highest BCUT2D eigenvalue weighted by molar-refractivity contribution is 5.83. The summed E-state index contributed by atoms with van der Waals surface area (Å²) in [7, 11) is 0. The van der Waals surface area contributed by atoms with Crippen molar-refractivity contribution in [3.05, 3.63) is 59.8 Å². The van der Waals surface area contributed by atoms with Crippen LogP contribution in [0, 0.1) is 6.92 Å². The molecule has 2 saturated heterocycles. The molecule has 2 aliphatic heterocycles. The number of aryl methyl sites for hydroxylation is 1. The van der Waals surface area contributed by atoms with Crippen molar-refractivity contribution in [3.8, 4) is 0 Å². The second kappa shape index (κ2) is 9.55. The topological polar surface area (TPSA) is 45.7 Å². The monoisotopic (exact) mass is 432 g/mol. The minimum Gasteiger partial charge on any atom is -0.394 e. The molecule has 3 aromatic rings. The largest absolute Gasteiger partial charge is 0.394 e. The molecule has 2 aliphatic rings. The van der Waals surface area contributed by atoms with E-state index in [1.165, 1.54) is 52.8 Å². The number of nitrogens with zero attached hydrogens (tertiary/aromatic N) is 3. The highest BCUT2D eigenvalue weighted by Crippen LogP contribution is 2.34. The third-order valence-corrected chi connectivity index (χ3v) is 7.48. The van der Waals surface area contributed by atoms with Crippen LogP contribution >= 0.6 is 0 Å². The van der Waals surface area contributed by atoms with Crippen LogP contribution in [0.15, 0.2) is 48.7 Å². The fourth-order valence-electron chi connectivity index (χ4n) is 5.65. The first-order chi connectivity index (χ1) is 15.7. The Labute approximate surface area is 191 Å². The fraction of sp³-hybridized carbons (Fsp3) is 0.481. The Balaban J connectivity index is 1.16. The lowest BCUT2D eigenvalue weighted by Gasteiger charge is -2.38. The molecule has 170 valence electrons. The van der Waals surface area contributed by atoms with Crippen LogP contribution in [0.2, 0.25) is 0 Å². The van der Waals surface area contributed by atoms with E-state index in [1.807, 2.05) is 0 Å². The summed E-state index contributed by atoms with van der Waals surface area (Å²) in [6.45, 7) is 9.15. The van der Waals surface area contributed by atoms with Crippen LogP contribution in [0.1, 0.15) is 30.4 Å². The number of nitrogens with one attached hydrogen (secondary N) is 1. The molecular weight excluding hydrogens is 396 g/mol. The van der Waals surface area contributed by atoms with Crippen LogP contribution in [0.4, 0.5) is 11.4 Å². The van der Waals surface area contributed by atoms with E-state index >= 15 is 0 Å². The molecule has 0 radical (unpaired) electrons. The summed E-state index contributed by atoms with van der Waals surface area (Å²) in [5.41, 5.74) is 6.72. The molecule has 32 heavy (non-hydrogen) atoms. The number of benzene rings is 2. The number of aliphatic hydroxyl groups excluding tert-OH is 1. The van der Waals surface area contributed by atoms with E-state index in [1.54, 1.807) is 0 Å². The van der Waals surface area contributed by atoms with E-state index in [0.29, 0.717) is 0 Å². The van der Waals surface area contributed by atoms with Crippen LogP contribution < -0.4 is 9.80 Å². The average molecular weight is 433 g/mol. The maximum absolute atomic E-state index is 9.76. The van der Waals surface area contributed by atoms with E-state index in [2.05, 4.69) is 75.3 Å². The van der Waals surface area contributed by atoms with Crippen molar-refractivity contribution in [1.29, 1.82) is 0 Å². The summed E-state index contributed by atoms with van der Waals surface area (Å²) in [6.07, 6.45) is 6.78. The summed E-state index contributed by atoms with van der Waals surface area (Å²) < 4.78 is 0. The van der Waals surface area contributed by atoms with Gasteiger partial charge in [-0.05, 0) is 68.5 Å². The number of piperazine rings is 1. The molecule has 0 amide bonds. The number of anilines is 2. The first-order valence-corrected chi connectivity index (χ1v) is 12.2. The molecule has 0 bridgehead atoms. The van der Waals surface area contributed by atoms with E-state index in [-0.39, 0.29) is 12.6 Å². The molecule has 5 heteroatoms. The molecule has 1 aromatic heterocycles. The Morgan fingerprint density at radius 2 is 1.78 bits per heavy atom. The summed E-state index contributed by atoms with van der Waals surface area (Å²) in [4.78, 5) is 11.0. The zero-order valence-electron chi connectivity index (χ0n) is 19.3. The molecule has 0 aliphatic carbocycles. The highest BCUT2D eigenvalue weighted by Gasteiger charge is 2.27. The fourth-order valence-corrected chi connectivity index (χ4v) is 5.65. The van der Waals surface area contributed by atoms with Crippen molar-refractivity contribution < 1.29 is 5.11 Å². The first kappa shape index (κ1) is 21.4. The predicted octanol–water partition coefficient (Wildman–Crippen LogP) is 4.19. The van der Waals surface area contributed by atoms with Gasteiger partial charge in [-0.3, -0.25) is 4.90 Å². The van der Waals surface area contributed by atoms with Gasteiger partial charge >= 0.3 is 0 Å². The van der Waals surface area contributed by atoms with Crippen molar-refractivity contribution in [2.75, 3.05) is 55.7 Å². The Hall–Kier alpha value is -2.50. The van der Waals surface area contributed by atoms with Crippen molar-refractivity contribution in [2.45, 2.75) is 38.6 Å². The quantitative estimate of drug-likeness (QED) is 0.588. The van der Waals surface area contributed by atoms with Gasteiger partial charge in [0.25, 0.3) is 0 Å². The van der Waals surface area contributed by atoms with Gasteiger partial charge in [-0.25, -0.2) is 0 Å². The third kappa shape index (κ3) is 4.24. The lowest BCUT2D eigenvalue weighted by molar-refractivity contribution is 0.255. The number of rotatable bonds is 7. The summed E-state index contributed by atoms with van der Waals surface area (Å²) in [6, 6.07) is 15.6. The minimum absolute atomic E-state index is 0.251. The second-order valence-corrected chi connectivity index (χ2v) is 9.39. The molecule has 0 saturated carbocycles. The standard InChI is InChI=1S/C27H36N4O/c1-21-26(11-4-12-27(21)31-14-6-8-23(31)20-32)30-17-15-29(16-18-30)13-5-7-22-19-28-25-10-3-2-9-24(22)25/h2-4,9-12,19,23,28,32H,5-8,13-18,20H2,1H3/t23-/m0/s1. The zero-order valence-corrected chi connectivity index (χ0v) is 19.3. The van der Waals surface area contributed by atoms with E-state index in [4.69, 9.17) is 0 Å². The molecule has 1 atom stereocenters. The van der Waals surface area contributed by atoms with Gasteiger partial charge in [0.1, 0.15) is 0 Å². The van der Waals surface area contributed by atoms with Gasteiger partial charge in [-0.2, -0.15) is 0 Å². The van der Waals surface area contributed by atoms with Crippen molar-refractivity contribution in [2.24, 2.45) is 0 Å². The van der Waals surface area contributed by atoms with Crippen LogP contribution in [0.5, 0.6) is 0 Å². The summed E-state index contributed by atoms with van der Waals surface area (Å²) in [5, 5.41) is 11.1. The lowest BCUT2D eigenvalue weighted by atomic mass is 10.1. The number of aliphatic hydroxyl groups is 1. The molecule has 2 N–H and O–H groups in total. The van der Waals surface area contributed by atoms with Gasteiger partial charge in [0.2, 0.25) is 0 Å². The van der Waals surface area contributed by atoms with Crippen LogP contribution in [0.3, 0.4) is 0 Å². The zero-order chi connectivity index (χ0) is 21.9. The molecular formula is C27H36N4O. The van der Waals surface area contributed by atoms with Crippen LogP contribution in [-0.4, -0.2) is 66.9 Å². The molecule has 2 fully saturated rings. The molecule has 5 nitrogen and oxygen atoms in total. The van der Waals surface area contributed by atoms with E-state index in [9.17, 15) is 5.11 Å². The molecule has 0 spiro atoms. The SMILES string of the molecule is Cc1c(N2CCN(CCCc3c[nH]c4ccccc34)CC2)cccc1N1CCC[C@H]1CO. The maximum Gasteiger partial charge on any atom is 0.0635 e. The number of aromatic nitrogens is 1. The molecule has 2 aromatic carbocycles. The van der Waals surface area contributed by atoms with E-state index < -0.39 is 0 Å². The average Bonchev–Trinajstić information content (AvgIpc) is 3.47. The number of aromatic amines is 1. The maximum atomic E-state index is 9.76. The highest BCUT2D eigenvalue weighted by atomic mass is 16.3. The van der Waals surface area contributed by atoms with Gasteiger partial charge in [0.15, 0.2) is 0 Å². The number of para-hydroxylation sites is 1. The lowest BCUT2D eigenvalue weighted by Crippen LogP contribution is -2.47. The molecule has 0 unspecified atom stereocenters. The molecule has 3 heterocycles. The summed E-state index contributed by atoms with van der Waals surface area (Å²) >= 11 is 0. The Kier molecular flexibility index (Phi) is 6.37. The smallest absolute Gasteiger partial charge is 0.0635 e. The number of hydrogen-bond acceptors (Lipinski definition) is 4. The van der Waals surface area contributed by atoms with Crippen molar-refractivity contribution >= 4 is 22.3 Å². The molecule has 5 rings (SSSR count). The first-order valence-electron chi connectivity index (χ1n) is 12.2. The Morgan fingerprint density at radius 1 is 0.969 bits per heavy atom. The predicted molar refractivity (Wildman–Crippen MR) is 134 cm³/mol. The van der Waals surface area contributed by atoms with Crippen molar-refractivity contribution in [1.82, 2.24) is 9.88 Å². The van der Waals surface area contributed by atoms with Gasteiger partial charge in [-0.1, -0.05) is 24.3 Å². The van der Waals surface area contributed by atoms with Gasteiger partial charge < -0.3 is 19.9 Å². The normalized spacial score (nSPS) is 19.9. The van der Waals surface area contributed by atoms with Gasteiger partial charge in [0.05, 0.1) is 12.6 Å². The number of fused-ring (bicyclic) bond motifs is 1. The minimum atomic E-state index is 0.251. The number of H-pyrrole nitrogens is 1. The Morgan fingerprint density at radius 3 is 2.62 bits per heavy atom. The number of hydrogen-bond donors (Lipinski definition) is 2. The van der Waals surface area contributed by atoms with Crippen LogP contribution in [-0.2, 0) is 6.42 Å². The van der Waals surface area contributed by atoms with Crippen molar-refractivity contribution in [3.63, 3.8) is 0 Å². The van der Waals surface area contributed by atoms with Gasteiger partial charge in [0, 0.05) is 61.2 Å². The third-order valence-electron chi connectivity index (χ3n) is 7.48. The van der Waals surface area contributed by atoms with Gasteiger partial charge in [-0.15, -0.1) is 0 Å². The second-order valence-electron chi connectivity index (χ2n) is 9.39. The van der Waals surface area contributed by atoms with E-state index in [0.717, 1.165) is 45.6 Å². The Bertz CT molecular complexity index is 1040. The van der Waals surface area contributed by atoms with Crippen LogP contribution in [0.25, 0.3) is 10.9 Å².